The van der Waals surface area contributed by atoms with Crippen LogP contribution in [0.5, 0.6) is 5.75 Å². The van der Waals surface area contributed by atoms with Crippen molar-refractivity contribution < 1.29 is 4.74 Å². The Hall–Kier alpha value is -1.58. The van der Waals surface area contributed by atoms with Gasteiger partial charge < -0.3 is 10.1 Å². The molecular weight excluding hydrogens is 284 g/mol. The van der Waals surface area contributed by atoms with Gasteiger partial charge in [-0.1, -0.05) is 37.6 Å². The van der Waals surface area contributed by atoms with E-state index < -0.39 is 0 Å². The van der Waals surface area contributed by atoms with Crippen LogP contribution in [-0.2, 0) is 6.61 Å². The highest BCUT2D eigenvalue weighted by Gasteiger charge is 2.09. The molecule has 21 heavy (non-hydrogen) atoms. The summed E-state index contributed by atoms with van der Waals surface area (Å²) in [5.74, 6) is 0.769. The second-order valence-corrected chi connectivity index (χ2v) is 5.29. The molecule has 0 radical (unpaired) electrons. The summed E-state index contributed by atoms with van der Waals surface area (Å²) in [6.07, 6.45) is 2.80. The first-order chi connectivity index (χ1) is 10.2. The van der Waals surface area contributed by atoms with Gasteiger partial charge in [-0.15, -0.1) is 0 Å². The molecule has 0 amide bonds. The Kier molecular flexibility index (Phi) is 6.03. The molecule has 112 valence electrons. The van der Waals surface area contributed by atoms with Crippen LogP contribution in [0, 0.1) is 0 Å². The van der Waals surface area contributed by atoms with Gasteiger partial charge in [-0.25, -0.2) is 0 Å². The summed E-state index contributed by atoms with van der Waals surface area (Å²) in [7, 11) is 0. The van der Waals surface area contributed by atoms with Crippen molar-refractivity contribution in [3.63, 3.8) is 0 Å². The lowest BCUT2D eigenvalue weighted by Gasteiger charge is -2.15. The summed E-state index contributed by atoms with van der Waals surface area (Å²) in [4.78, 5) is 4.48. The van der Waals surface area contributed by atoms with Crippen LogP contribution >= 0.6 is 11.6 Å². The average Bonchev–Trinajstić information content (AvgIpc) is 2.51. The zero-order valence-electron chi connectivity index (χ0n) is 12.5. The van der Waals surface area contributed by atoms with Gasteiger partial charge in [-0.3, -0.25) is 4.98 Å². The van der Waals surface area contributed by atoms with E-state index in [1.807, 2.05) is 36.4 Å². The van der Waals surface area contributed by atoms with Crippen LogP contribution in [0.15, 0.2) is 42.6 Å². The maximum Gasteiger partial charge on any atom is 0.138 e. The Balaban J connectivity index is 1.96. The number of aromatic nitrogens is 1. The molecule has 1 aromatic heterocycles. The number of nitrogens with one attached hydrogen (secondary N) is 1. The molecule has 0 bridgehead atoms. The second-order valence-electron chi connectivity index (χ2n) is 4.86. The summed E-state index contributed by atoms with van der Waals surface area (Å²) in [6.45, 7) is 5.68. The fourth-order valence-electron chi connectivity index (χ4n) is 2.18. The van der Waals surface area contributed by atoms with Gasteiger partial charge in [-0.2, -0.15) is 0 Å². The minimum absolute atomic E-state index is 0.303. The molecule has 1 unspecified atom stereocenters. The molecule has 0 aliphatic carbocycles. The molecule has 0 fully saturated rings. The Bertz CT molecular complexity index is 557. The largest absolute Gasteiger partial charge is 0.487 e. The topological polar surface area (TPSA) is 34.1 Å². The lowest BCUT2D eigenvalue weighted by molar-refractivity contribution is 0.304. The molecule has 1 aromatic carbocycles. The number of hydrogen-bond donors (Lipinski definition) is 1. The van der Waals surface area contributed by atoms with Crippen LogP contribution in [0.3, 0.4) is 0 Å². The van der Waals surface area contributed by atoms with Crippen molar-refractivity contribution in [1.82, 2.24) is 10.3 Å². The molecular formula is C17H21ClN2O. The lowest BCUT2D eigenvalue weighted by atomic mass is 10.1. The third-order valence-electron chi connectivity index (χ3n) is 3.27. The van der Waals surface area contributed by atoms with Gasteiger partial charge in [0.1, 0.15) is 12.4 Å². The van der Waals surface area contributed by atoms with Crippen molar-refractivity contribution >= 4 is 11.6 Å². The average molecular weight is 305 g/mol. The monoisotopic (exact) mass is 304 g/mol. The summed E-state index contributed by atoms with van der Waals surface area (Å²) >= 11 is 5.95. The predicted molar refractivity (Wildman–Crippen MR) is 86.7 cm³/mol. The third-order valence-corrected chi connectivity index (χ3v) is 3.50. The first-order valence-corrected chi connectivity index (χ1v) is 7.67. The van der Waals surface area contributed by atoms with E-state index in [0.717, 1.165) is 35.0 Å². The summed E-state index contributed by atoms with van der Waals surface area (Å²) in [5.41, 5.74) is 2.10. The zero-order chi connectivity index (χ0) is 15.1. The molecule has 3 nitrogen and oxygen atoms in total. The first-order valence-electron chi connectivity index (χ1n) is 7.29. The Morgan fingerprint density at radius 1 is 1.24 bits per heavy atom. The van der Waals surface area contributed by atoms with E-state index >= 15 is 0 Å². The molecule has 0 spiro atoms. The van der Waals surface area contributed by atoms with Gasteiger partial charge in [-0.05, 0) is 42.8 Å². The molecule has 0 aliphatic rings. The number of benzene rings is 1. The van der Waals surface area contributed by atoms with Crippen LogP contribution in [-0.4, -0.2) is 11.5 Å². The van der Waals surface area contributed by atoms with E-state index in [2.05, 4.69) is 24.1 Å². The van der Waals surface area contributed by atoms with Crippen molar-refractivity contribution in [2.24, 2.45) is 0 Å². The predicted octanol–water partition coefficient (Wildman–Crippen LogP) is 4.37. The van der Waals surface area contributed by atoms with E-state index in [-0.39, 0.29) is 0 Å². The molecule has 0 aliphatic heterocycles. The highest BCUT2D eigenvalue weighted by atomic mass is 35.5. The normalized spacial score (nSPS) is 12.1. The Morgan fingerprint density at radius 3 is 2.71 bits per heavy atom. The second kappa shape index (κ2) is 8.01. The number of ether oxygens (including phenoxy) is 1. The highest BCUT2D eigenvalue weighted by molar-refractivity contribution is 6.30. The van der Waals surface area contributed by atoms with Gasteiger partial charge in [0.15, 0.2) is 0 Å². The van der Waals surface area contributed by atoms with Crippen molar-refractivity contribution in [2.75, 3.05) is 6.54 Å². The smallest absolute Gasteiger partial charge is 0.138 e. The quantitative estimate of drug-likeness (QED) is 0.824. The molecule has 0 saturated heterocycles. The van der Waals surface area contributed by atoms with Crippen LogP contribution in [0.4, 0.5) is 0 Å². The maximum absolute atomic E-state index is 5.95. The lowest BCUT2D eigenvalue weighted by Crippen LogP contribution is -2.20. The third kappa shape index (κ3) is 4.73. The van der Waals surface area contributed by atoms with E-state index in [4.69, 9.17) is 16.3 Å². The van der Waals surface area contributed by atoms with Crippen LogP contribution in [0.1, 0.15) is 37.6 Å². The Labute approximate surface area is 131 Å². The van der Waals surface area contributed by atoms with Gasteiger partial charge >= 0.3 is 0 Å². The summed E-state index contributed by atoms with van der Waals surface area (Å²) in [6, 6.07) is 12.0. The fourth-order valence-corrected chi connectivity index (χ4v) is 2.39. The van der Waals surface area contributed by atoms with Gasteiger partial charge in [0.2, 0.25) is 0 Å². The molecule has 0 saturated carbocycles. The van der Waals surface area contributed by atoms with E-state index in [1.165, 1.54) is 0 Å². The minimum atomic E-state index is 0.303. The zero-order valence-corrected chi connectivity index (χ0v) is 13.2. The van der Waals surface area contributed by atoms with Crippen LogP contribution in [0.2, 0.25) is 5.02 Å². The molecule has 1 N–H and O–H groups in total. The molecule has 4 heteroatoms. The summed E-state index contributed by atoms with van der Waals surface area (Å²) < 4.78 is 5.73. The van der Waals surface area contributed by atoms with Crippen molar-refractivity contribution in [2.45, 2.75) is 32.9 Å². The van der Waals surface area contributed by atoms with Gasteiger partial charge in [0.25, 0.3) is 0 Å². The van der Waals surface area contributed by atoms with Crippen molar-refractivity contribution in [3.05, 3.63) is 58.9 Å². The van der Waals surface area contributed by atoms with E-state index in [9.17, 15) is 0 Å². The minimum Gasteiger partial charge on any atom is -0.487 e. The molecule has 1 atom stereocenters. The Morgan fingerprint density at radius 2 is 2.10 bits per heavy atom. The maximum atomic E-state index is 5.95. The number of pyridine rings is 1. The van der Waals surface area contributed by atoms with E-state index in [0.29, 0.717) is 12.6 Å². The standard InChI is InChI=1S/C17H21ClN2O/c1-3-16(19-4-2)17-9-8-15(11-20-17)21-12-13-6-5-7-14(18)10-13/h5-11,16,19H,3-4,12H2,1-2H3. The number of halogens is 1. The SMILES string of the molecule is CCNC(CC)c1ccc(OCc2cccc(Cl)c2)cn1. The number of rotatable bonds is 7. The fraction of sp³-hybridized carbons (Fsp3) is 0.353. The molecule has 2 rings (SSSR count). The number of hydrogen-bond acceptors (Lipinski definition) is 3. The van der Waals surface area contributed by atoms with E-state index in [1.54, 1.807) is 6.20 Å². The van der Waals surface area contributed by atoms with Crippen molar-refractivity contribution in [3.8, 4) is 5.75 Å². The molecule has 1 heterocycles. The van der Waals surface area contributed by atoms with Crippen molar-refractivity contribution in [1.29, 1.82) is 0 Å². The van der Waals surface area contributed by atoms with Gasteiger partial charge in [0, 0.05) is 11.1 Å². The molecule has 2 aromatic rings. The van der Waals surface area contributed by atoms with Gasteiger partial charge in [0.05, 0.1) is 11.9 Å². The van der Waals surface area contributed by atoms with Crippen LogP contribution in [0.25, 0.3) is 0 Å². The first kappa shape index (κ1) is 15.8. The number of nitrogens with zero attached hydrogens (tertiary/aromatic N) is 1. The van der Waals surface area contributed by atoms with Crippen LogP contribution < -0.4 is 10.1 Å². The highest BCUT2D eigenvalue weighted by Crippen LogP contribution is 2.18. The summed E-state index contributed by atoms with van der Waals surface area (Å²) in [5, 5.41) is 4.14.